The fraction of sp³-hybridized carbons (Fsp3) is 0.545. The third kappa shape index (κ3) is 2.64. The summed E-state index contributed by atoms with van der Waals surface area (Å²) in [5.74, 6) is 0.480. The molecule has 0 spiro atoms. The standard InChI is InChI=1S/C11H14BrClN2/c12-10-8-14-9(7-13)6-11(10)15-4-2-1-3-5-15/h6,8H,1-5,7H2. The number of piperidine rings is 1. The van der Waals surface area contributed by atoms with E-state index >= 15 is 0 Å². The molecule has 4 heteroatoms. The van der Waals surface area contributed by atoms with Crippen molar-refractivity contribution in [3.05, 3.63) is 22.4 Å². The first-order chi connectivity index (χ1) is 7.31. The molecule has 1 fully saturated rings. The van der Waals surface area contributed by atoms with E-state index in [1.807, 2.05) is 6.20 Å². The number of aromatic nitrogens is 1. The summed E-state index contributed by atoms with van der Waals surface area (Å²) in [5, 5.41) is 0. The topological polar surface area (TPSA) is 16.1 Å². The Kier molecular flexibility index (Phi) is 3.87. The van der Waals surface area contributed by atoms with Crippen molar-refractivity contribution in [3.63, 3.8) is 0 Å². The molecule has 15 heavy (non-hydrogen) atoms. The van der Waals surface area contributed by atoms with E-state index in [1.165, 1.54) is 24.9 Å². The van der Waals surface area contributed by atoms with Crippen LogP contribution in [-0.4, -0.2) is 18.1 Å². The minimum absolute atomic E-state index is 0.480. The number of hydrogen-bond acceptors (Lipinski definition) is 2. The fourth-order valence-corrected chi connectivity index (χ4v) is 2.53. The first kappa shape index (κ1) is 11.2. The Labute approximate surface area is 104 Å². The molecule has 0 unspecified atom stereocenters. The maximum absolute atomic E-state index is 5.79. The van der Waals surface area contributed by atoms with Crippen molar-refractivity contribution >= 4 is 33.2 Å². The Hall–Kier alpha value is -0.280. The lowest BCUT2D eigenvalue weighted by molar-refractivity contribution is 0.577. The van der Waals surface area contributed by atoms with Gasteiger partial charge in [-0.05, 0) is 41.3 Å². The molecule has 2 heterocycles. The van der Waals surface area contributed by atoms with Crippen molar-refractivity contribution in [2.45, 2.75) is 25.1 Å². The van der Waals surface area contributed by atoms with E-state index in [9.17, 15) is 0 Å². The van der Waals surface area contributed by atoms with Crippen molar-refractivity contribution in [1.82, 2.24) is 4.98 Å². The monoisotopic (exact) mass is 288 g/mol. The van der Waals surface area contributed by atoms with E-state index in [4.69, 9.17) is 11.6 Å². The second kappa shape index (κ2) is 5.17. The zero-order valence-electron chi connectivity index (χ0n) is 8.55. The van der Waals surface area contributed by atoms with Gasteiger partial charge < -0.3 is 4.90 Å². The molecule has 82 valence electrons. The minimum atomic E-state index is 0.480. The lowest BCUT2D eigenvalue weighted by atomic mass is 10.1. The van der Waals surface area contributed by atoms with E-state index in [0.29, 0.717) is 5.88 Å². The van der Waals surface area contributed by atoms with Gasteiger partial charge in [-0.25, -0.2) is 0 Å². The number of rotatable bonds is 2. The lowest BCUT2D eigenvalue weighted by Gasteiger charge is -2.29. The molecular formula is C11H14BrClN2. The Bertz CT molecular complexity index is 337. The fourth-order valence-electron chi connectivity index (χ4n) is 1.92. The van der Waals surface area contributed by atoms with Gasteiger partial charge >= 0.3 is 0 Å². The van der Waals surface area contributed by atoms with Crippen LogP contribution < -0.4 is 4.90 Å². The third-order valence-corrected chi connectivity index (χ3v) is 3.61. The van der Waals surface area contributed by atoms with E-state index in [0.717, 1.165) is 23.3 Å². The summed E-state index contributed by atoms with van der Waals surface area (Å²) < 4.78 is 1.07. The molecule has 0 aromatic carbocycles. The number of anilines is 1. The first-order valence-electron chi connectivity index (χ1n) is 5.26. The van der Waals surface area contributed by atoms with Gasteiger partial charge in [0.05, 0.1) is 21.7 Å². The van der Waals surface area contributed by atoms with Gasteiger partial charge in [0.1, 0.15) is 0 Å². The quantitative estimate of drug-likeness (QED) is 0.774. The molecule has 0 saturated carbocycles. The van der Waals surface area contributed by atoms with Gasteiger partial charge in [-0.15, -0.1) is 11.6 Å². The van der Waals surface area contributed by atoms with Crippen LogP contribution in [0, 0.1) is 0 Å². The van der Waals surface area contributed by atoms with Crippen molar-refractivity contribution in [2.75, 3.05) is 18.0 Å². The molecular weight excluding hydrogens is 275 g/mol. The maximum atomic E-state index is 5.79. The highest BCUT2D eigenvalue weighted by Gasteiger charge is 2.14. The van der Waals surface area contributed by atoms with Crippen LogP contribution in [0.1, 0.15) is 25.0 Å². The third-order valence-electron chi connectivity index (χ3n) is 2.73. The largest absolute Gasteiger partial charge is 0.371 e. The molecule has 0 radical (unpaired) electrons. The van der Waals surface area contributed by atoms with Gasteiger partial charge in [0.15, 0.2) is 0 Å². The molecule has 1 aliphatic heterocycles. The molecule has 0 atom stereocenters. The van der Waals surface area contributed by atoms with Crippen LogP contribution in [0.3, 0.4) is 0 Å². The predicted octanol–water partition coefficient (Wildman–Crippen LogP) is 3.57. The molecule has 1 aliphatic rings. The molecule has 2 nitrogen and oxygen atoms in total. The normalized spacial score (nSPS) is 16.8. The van der Waals surface area contributed by atoms with E-state index in [-0.39, 0.29) is 0 Å². The highest BCUT2D eigenvalue weighted by atomic mass is 79.9. The Morgan fingerprint density at radius 3 is 2.73 bits per heavy atom. The van der Waals surface area contributed by atoms with Gasteiger partial charge in [0, 0.05) is 19.3 Å². The molecule has 0 amide bonds. The van der Waals surface area contributed by atoms with Gasteiger partial charge in [0.2, 0.25) is 0 Å². The highest BCUT2D eigenvalue weighted by molar-refractivity contribution is 9.10. The van der Waals surface area contributed by atoms with Crippen LogP contribution in [0.15, 0.2) is 16.7 Å². The zero-order valence-corrected chi connectivity index (χ0v) is 10.9. The molecule has 1 saturated heterocycles. The Morgan fingerprint density at radius 1 is 1.33 bits per heavy atom. The number of pyridine rings is 1. The average molecular weight is 290 g/mol. The number of nitrogens with zero attached hydrogens (tertiary/aromatic N) is 2. The molecule has 0 bridgehead atoms. The van der Waals surface area contributed by atoms with Crippen LogP contribution in [0.2, 0.25) is 0 Å². The van der Waals surface area contributed by atoms with Crippen molar-refractivity contribution < 1.29 is 0 Å². The van der Waals surface area contributed by atoms with Crippen molar-refractivity contribution in [1.29, 1.82) is 0 Å². The first-order valence-corrected chi connectivity index (χ1v) is 6.59. The van der Waals surface area contributed by atoms with Crippen molar-refractivity contribution in [3.8, 4) is 0 Å². The van der Waals surface area contributed by atoms with Crippen LogP contribution >= 0.6 is 27.5 Å². The maximum Gasteiger partial charge on any atom is 0.0648 e. The second-order valence-electron chi connectivity index (χ2n) is 3.81. The van der Waals surface area contributed by atoms with Crippen LogP contribution in [0.5, 0.6) is 0 Å². The number of hydrogen-bond donors (Lipinski definition) is 0. The molecule has 0 N–H and O–H groups in total. The molecule has 1 aromatic rings. The van der Waals surface area contributed by atoms with Gasteiger partial charge in [-0.2, -0.15) is 0 Å². The molecule has 1 aromatic heterocycles. The summed E-state index contributed by atoms with van der Waals surface area (Å²) in [7, 11) is 0. The van der Waals surface area contributed by atoms with Crippen LogP contribution in [-0.2, 0) is 5.88 Å². The van der Waals surface area contributed by atoms with E-state index in [1.54, 1.807) is 0 Å². The van der Waals surface area contributed by atoms with Gasteiger partial charge in [0.25, 0.3) is 0 Å². The van der Waals surface area contributed by atoms with Crippen molar-refractivity contribution in [2.24, 2.45) is 0 Å². The Balaban J connectivity index is 2.24. The average Bonchev–Trinajstić information content (AvgIpc) is 2.31. The summed E-state index contributed by atoms with van der Waals surface area (Å²) in [4.78, 5) is 6.65. The molecule has 2 rings (SSSR count). The SMILES string of the molecule is ClCc1cc(N2CCCCC2)c(Br)cn1. The summed E-state index contributed by atoms with van der Waals surface area (Å²) >= 11 is 9.34. The highest BCUT2D eigenvalue weighted by Crippen LogP contribution is 2.28. The Morgan fingerprint density at radius 2 is 2.07 bits per heavy atom. The summed E-state index contributed by atoms with van der Waals surface area (Å²) in [6.07, 6.45) is 5.76. The van der Waals surface area contributed by atoms with Crippen LogP contribution in [0.25, 0.3) is 0 Å². The predicted molar refractivity (Wildman–Crippen MR) is 67.6 cm³/mol. The number of halogens is 2. The van der Waals surface area contributed by atoms with E-state index < -0.39 is 0 Å². The van der Waals surface area contributed by atoms with Crippen LogP contribution in [0.4, 0.5) is 5.69 Å². The summed E-state index contributed by atoms with van der Waals surface area (Å²) in [6.45, 7) is 2.29. The van der Waals surface area contributed by atoms with Gasteiger partial charge in [-0.1, -0.05) is 0 Å². The second-order valence-corrected chi connectivity index (χ2v) is 4.93. The molecule has 0 aliphatic carbocycles. The summed E-state index contributed by atoms with van der Waals surface area (Å²) in [5.41, 5.74) is 2.18. The minimum Gasteiger partial charge on any atom is -0.371 e. The summed E-state index contributed by atoms with van der Waals surface area (Å²) in [6, 6.07) is 2.09. The number of alkyl halides is 1. The van der Waals surface area contributed by atoms with E-state index in [2.05, 4.69) is 31.9 Å². The van der Waals surface area contributed by atoms with Gasteiger partial charge in [-0.3, -0.25) is 4.98 Å². The lowest BCUT2D eigenvalue weighted by Crippen LogP contribution is -2.29. The smallest absolute Gasteiger partial charge is 0.0648 e. The zero-order chi connectivity index (χ0) is 10.7.